The molecule has 0 spiro atoms. The predicted octanol–water partition coefficient (Wildman–Crippen LogP) is 2.86. The van der Waals surface area contributed by atoms with Gasteiger partial charge in [-0.25, -0.2) is 9.67 Å². The SMILES string of the molecule is Cc1nc2c(c(CO)nn2[C@@H](C)c2ccc(C(F)(F)F)cc2C)c(=O)[nH]1. The molecule has 0 unspecified atom stereocenters. The summed E-state index contributed by atoms with van der Waals surface area (Å²) in [5, 5.41) is 13.9. The first-order valence-electron chi connectivity index (χ1n) is 7.90. The zero-order valence-corrected chi connectivity index (χ0v) is 14.3. The molecule has 0 aliphatic heterocycles. The highest BCUT2D eigenvalue weighted by atomic mass is 19.4. The maximum atomic E-state index is 12.9. The van der Waals surface area contributed by atoms with Gasteiger partial charge in [0.25, 0.3) is 5.56 Å². The van der Waals surface area contributed by atoms with Crippen LogP contribution in [0.3, 0.4) is 0 Å². The van der Waals surface area contributed by atoms with Crippen molar-refractivity contribution in [3.05, 3.63) is 56.8 Å². The van der Waals surface area contributed by atoms with E-state index in [2.05, 4.69) is 15.1 Å². The number of aromatic nitrogens is 4. The Morgan fingerprint density at radius 3 is 2.58 bits per heavy atom. The Morgan fingerprint density at radius 2 is 2.00 bits per heavy atom. The summed E-state index contributed by atoms with van der Waals surface area (Å²) in [5.41, 5.74) is 0.374. The van der Waals surface area contributed by atoms with Gasteiger partial charge in [0.15, 0.2) is 5.65 Å². The molecule has 2 aromatic heterocycles. The van der Waals surface area contributed by atoms with E-state index in [1.165, 1.54) is 10.7 Å². The molecule has 0 aliphatic carbocycles. The van der Waals surface area contributed by atoms with Gasteiger partial charge in [0.05, 0.1) is 18.2 Å². The lowest BCUT2D eigenvalue weighted by Crippen LogP contribution is -2.14. The summed E-state index contributed by atoms with van der Waals surface area (Å²) in [6.45, 7) is 4.51. The van der Waals surface area contributed by atoms with Gasteiger partial charge < -0.3 is 10.1 Å². The quantitative estimate of drug-likeness (QED) is 0.747. The normalized spacial score (nSPS) is 13.3. The van der Waals surface area contributed by atoms with E-state index in [1.54, 1.807) is 20.8 Å². The van der Waals surface area contributed by atoms with Crippen LogP contribution in [0.2, 0.25) is 0 Å². The molecular formula is C17H17F3N4O2. The van der Waals surface area contributed by atoms with Crippen molar-refractivity contribution in [2.24, 2.45) is 0 Å². The first-order chi connectivity index (χ1) is 12.1. The average Bonchev–Trinajstić information content (AvgIpc) is 2.92. The molecule has 6 nitrogen and oxygen atoms in total. The van der Waals surface area contributed by atoms with Gasteiger partial charge in [-0.05, 0) is 44.0 Å². The number of fused-ring (bicyclic) bond motifs is 1. The highest BCUT2D eigenvalue weighted by Crippen LogP contribution is 2.33. The number of aryl methyl sites for hydroxylation is 2. The number of benzene rings is 1. The minimum atomic E-state index is -4.42. The lowest BCUT2D eigenvalue weighted by atomic mass is 9.99. The third kappa shape index (κ3) is 2.98. The first kappa shape index (κ1) is 18.1. The highest BCUT2D eigenvalue weighted by molar-refractivity contribution is 5.77. The van der Waals surface area contributed by atoms with Crippen LogP contribution in [0.1, 0.15) is 41.2 Å². The van der Waals surface area contributed by atoms with Gasteiger partial charge in [0.1, 0.15) is 16.9 Å². The van der Waals surface area contributed by atoms with Crippen LogP contribution in [0.4, 0.5) is 13.2 Å². The second-order valence-electron chi connectivity index (χ2n) is 6.14. The van der Waals surface area contributed by atoms with Gasteiger partial charge in [0, 0.05) is 0 Å². The zero-order valence-electron chi connectivity index (χ0n) is 14.3. The molecule has 3 aromatic rings. The molecule has 0 saturated heterocycles. The number of alkyl halides is 3. The van der Waals surface area contributed by atoms with Gasteiger partial charge in [-0.2, -0.15) is 18.3 Å². The van der Waals surface area contributed by atoms with Gasteiger partial charge >= 0.3 is 6.18 Å². The minimum absolute atomic E-state index is 0.171. The number of aliphatic hydroxyl groups excluding tert-OH is 1. The van der Waals surface area contributed by atoms with Gasteiger partial charge in [-0.15, -0.1) is 0 Å². The van der Waals surface area contributed by atoms with Crippen LogP contribution >= 0.6 is 0 Å². The van der Waals surface area contributed by atoms with Crippen molar-refractivity contribution in [1.29, 1.82) is 0 Å². The summed E-state index contributed by atoms with van der Waals surface area (Å²) >= 11 is 0. The number of hydrogen-bond donors (Lipinski definition) is 2. The average molecular weight is 366 g/mol. The number of H-pyrrole nitrogens is 1. The number of aromatic amines is 1. The van der Waals surface area contributed by atoms with Gasteiger partial charge in [-0.1, -0.05) is 6.07 Å². The van der Waals surface area contributed by atoms with Crippen LogP contribution < -0.4 is 5.56 Å². The van der Waals surface area contributed by atoms with E-state index >= 15 is 0 Å². The summed E-state index contributed by atoms with van der Waals surface area (Å²) in [4.78, 5) is 19.0. The summed E-state index contributed by atoms with van der Waals surface area (Å²) in [6.07, 6.45) is -4.42. The summed E-state index contributed by atoms with van der Waals surface area (Å²) in [5.74, 6) is 0.379. The molecule has 0 amide bonds. The molecule has 9 heteroatoms. The molecule has 26 heavy (non-hydrogen) atoms. The van der Waals surface area contributed by atoms with E-state index in [0.717, 1.165) is 12.1 Å². The molecule has 0 fully saturated rings. The van der Waals surface area contributed by atoms with Crippen LogP contribution in [0.25, 0.3) is 11.0 Å². The maximum absolute atomic E-state index is 12.9. The van der Waals surface area contributed by atoms with Crippen LogP contribution in [-0.2, 0) is 12.8 Å². The number of hydrogen-bond acceptors (Lipinski definition) is 4. The predicted molar refractivity (Wildman–Crippen MR) is 88.8 cm³/mol. The first-order valence-corrected chi connectivity index (χ1v) is 7.90. The van der Waals surface area contributed by atoms with Crippen LogP contribution in [-0.4, -0.2) is 24.9 Å². The third-order valence-corrected chi connectivity index (χ3v) is 4.32. The summed E-state index contributed by atoms with van der Waals surface area (Å²) in [7, 11) is 0. The van der Waals surface area contributed by atoms with Gasteiger partial charge in [-0.3, -0.25) is 4.79 Å². The van der Waals surface area contributed by atoms with E-state index < -0.39 is 29.9 Å². The molecule has 0 aliphatic rings. The molecule has 3 rings (SSSR count). The second kappa shape index (κ2) is 6.24. The molecule has 2 heterocycles. The minimum Gasteiger partial charge on any atom is -0.390 e. The molecule has 1 atom stereocenters. The van der Waals surface area contributed by atoms with Crippen molar-refractivity contribution in [3.63, 3.8) is 0 Å². The van der Waals surface area contributed by atoms with E-state index in [9.17, 15) is 23.1 Å². The van der Waals surface area contributed by atoms with E-state index in [1.807, 2.05) is 0 Å². The van der Waals surface area contributed by atoms with E-state index in [0.29, 0.717) is 17.0 Å². The largest absolute Gasteiger partial charge is 0.416 e. The number of nitrogens with one attached hydrogen (secondary N) is 1. The highest BCUT2D eigenvalue weighted by Gasteiger charge is 2.31. The Labute approximate surface area is 146 Å². The van der Waals surface area contributed by atoms with Crippen molar-refractivity contribution in [2.45, 2.75) is 39.6 Å². The van der Waals surface area contributed by atoms with Crippen LogP contribution in [0.15, 0.2) is 23.0 Å². The Bertz CT molecular complexity index is 1040. The van der Waals surface area contributed by atoms with E-state index in [-0.39, 0.29) is 16.7 Å². The Kier molecular flexibility index (Phi) is 4.35. The Balaban J connectivity index is 2.17. The summed E-state index contributed by atoms with van der Waals surface area (Å²) < 4.78 is 40.1. The molecular weight excluding hydrogens is 349 g/mol. The molecule has 0 radical (unpaired) electrons. The van der Waals surface area contributed by atoms with Crippen molar-refractivity contribution in [3.8, 4) is 0 Å². The molecule has 0 bridgehead atoms. The number of aliphatic hydroxyl groups is 1. The number of nitrogens with zero attached hydrogens (tertiary/aromatic N) is 3. The molecule has 1 aromatic carbocycles. The van der Waals surface area contributed by atoms with Crippen molar-refractivity contribution >= 4 is 11.0 Å². The van der Waals surface area contributed by atoms with Crippen molar-refractivity contribution in [1.82, 2.24) is 19.7 Å². The van der Waals surface area contributed by atoms with Crippen molar-refractivity contribution in [2.75, 3.05) is 0 Å². The fraction of sp³-hybridized carbons (Fsp3) is 0.353. The number of rotatable bonds is 3. The number of halogens is 3. The van der Waals surface area contributed by atoms with Crippen molar-refractivity contribution < 1.29 is 18.3 Å². The monoisotopic (exact) mass is 366 g/mol. The van der Waals surface area contributed by atoms with Crippen LogP contribution in [0.5, 0.6) is 0 Å². The maximum Gasteiger partial charge on any atom is 0.416 e. The molecule has 2 N–H and O–H groups in total. The Hall–Kier alpha value is -2.68. The Morgan fingerprint density at radius 1 is 1.31 bits per heavy atom. The topological polar surface area (TPSA) is 83.8 Å². The molecule has 138 valence electrons. The third-order valence-electron chi connectivity index (χ3n) is 4.32. The lowest BCUT2D eigenvalue weighted by Gasteiger charge is -2.18. The second-order valence-corrected chi connectivity index (χ2v) is 6.14. The standard InChI is InChI=1S/C17H17F3N4O2/c1-8-6-11(17(18,19)20)4-5-12(8)9(2)24-15-14(13(7-25)23-24)16(26)22-10(3)21-15/h4-6,9,25H,7H2,1-3H3,(H,21,22,26)/t9-/m0/s1. The van der Waals surface area contributed by atoms with Gasteiger partial charge in [0.2, 0.25) is 0 Å². The lowest BCUT2D eigenvalue weighted by molar-refractivity contribution is -0.137. The smallest absolute Gasteiger partial charge is 0.390 e. The van der Waals surface area contributed by atoms with Crippen LogP contribution in [0, 0.1) is 13.8 Å². The fourth-order valence-electron chi connectivity index (χ4n) is 3.06. The fourth-order valence-corrected chi connectivity index (χ4v) is 3.06. The molecule has 0 saturated carbocycles. The van der Waals surface area contributed by atoms with E-state index in [4.69, 9.17) is 0 Å². The summed E-state index contributed by atoms with van der Waals surface area (Å²) in [6, 6.07) is 3.02. The zero-order chi connectivity index (χ0) is 19.2.